The molecule has 0 aliphatic rings. The minimum Gasteiger partial charge on any atom is -0.496 e. The van der Waals surface area contributed by atoms with Crippen molar-refractivity contribution in [1.29, 1.82) is 0 Å². The molecule has 112 valence electrons. The number of nitrogens with two attached hydrogens (primary N) is 1. The summed E-state index contributed by atoms with van der Waals surface area (Å²) in [7, 11) is 1.70. The predicted octanol–water partition coefficient (Wildman–Crippen LogP) is 3.53. The molecule has 0 amide bonds. The van der Waals surface area contributed by atoms with E-state index < -0.39 is 0 Å². The third kappa shape index (κ3) is 4.31. The number of rotatable bonds is 7. The first-order valence-corrected chi connectivity index (χ1v) is 7.39. The van der Waals surface area contributed by atoms with Crippen molar-refractivity contribution < 1.29 is 4.74 Å². The first kappa shape index (κ1) is 15.5. The molecule has 3 heteroatoms. The van der Waals surface area contributed by atoms with Crippen LogP contribution in [0.2, 0.25) is 0 Å². The molecule has 1 atom stereocenters. The Hall–Kier alpha value is -1.84. The monoisotopic (exact) mass is 284 g/mol. The number of hydrogen-bond donors (Lipinski definition) is 2. The van der Waals surface area contributed by atoms with E-state index in [1.807, 2.05) is 13.0 Å². The average molecular weight is 284 g/mol. The van der Waals surface area contributed by atoms with Gasteiger partial charge in [0, 0.05) is 6.04 Å². The largest absolute Gasteiger partial charge is 0.496 e. The number of hydrazine groups is 1. The SMILES string of the molecule is COc1cc(C(CCCc2ccccc2)NN)ccc1C. The average Bonchev–Trinajstić information content (AvgIpc) is 2.53. The maximum absolute atomic E-state index is 5.72. The number of hydrogen-bond acceptors (Lipinski definition) is 3. The van der Waals surface area contributed by atoms with E-state index in [9.17, 15) is 0 Å². The van der Waals surface area contributed by atoms with E-state index >= 15 is 0 Å². The van der Waals surface area contributed by atoms with Crippen LogP contribution in [0.25, 0.3) is 0 Å². The molecule has 3 nitrogen and oxygen atoms in total. The minimum absolute atomic E-state index is 0.156. The molecule has 0 fully saturated rings. The summed E-state index contributed by atoms with van der Waals surface area (Å²) in [5.74, 6) is 6.64. The zero-order chi connectivity index (χ0) is 15.1. The highest BCUT2D eigenvalue weighted by atomic mass is 16.5. The van der Waals surface area contributed by atoms with Crippen LogP contribution < -0.4 is 16.0 Å². The maximum Gasteiger partial charge on any atom is 0.122 e. The molecular formula is C18H24N2O. The van der Waals surface area contributed by atoms with Crippen molar-refractivity contribution in [1.82, 2.24) is 5.43 Å². The molecule has 1 unspecified atom stereocenters. The first-order chi connectivity index (χ1) is 10.2. The summed E-state index contributed by atoms with van der Waals surface area (Å²) in [5.41, 5.74) is 6.60. The normalized spacial score (nSPS) is 12.1. The molecule has 2 aromatic carbocycles. The topological polar surface area (TPSA) is 47.3 Å². The Morgan fingerprint density at radius 1 is 1.14 bits per heavy atom. The molecule has 0 heterocycles. The van der Waals surface area contributed by atoms with Gasteiger partial charge in [0.2, 0.25) is 0 Å². The van der Waals surface area contributed by atoms with Crippen molar-refractivity contribution in [2.24, 2.45) is 5.84 Å². The first-order valence-electron chi connectivity index (χ1n) is 7.39. The Morgan fingerprint density at radius 2 is 1.90 bits per heavy atom. The highest BCUT2D eigenvalue weighted by molar-refractivity contribution is 5.37. The fraction of sp³-hybridized carbons (Fsp3) is 0.333. The second-order valence-electron chi connectivity index (χ2n) is 5.33. The third-order valence-electron chi connectivity index (χ3n) is 3.84. The van der Waals surface area contributed by atoms with Crippen LogP contribution in [0.3, 0.4) is 0 Å². The van der Waals surface area contributed by atoms with Gasteiger partial charge in [-0.1, -0.05) is 42.5 Å². The summed E-state index contributed by atoms with van der Waals surface area (Å²) in [6.07, 6.45) is 3.16. The molecule has 0 bridgehead atoms. The van der Waals surface area contributed by atoms with Gasteiger partial charge >= 0.3 is 0 Å². The molecule has 2 aromatic rings. The van der Waals surface area contributed by atoms with Gasteiger partial charge in [-0.05, 0) is 48.9 Å². The summed E-state index contributed by atoms with van der Waals surface area (Å²) in [5, 5.41) is 0. The van der Waals surface area contributed by atoms with Crippen molar-refractivity contribution in [2.75, 3.05) is 7.11 Å². The molecule has 2 rings (SSSR count). The van der Waals surface area contributed by atoms with Gasteiger partial charge in [0.25, 0.3) is 0 Å². The Bertz CT molecular complexity index is 554. The summed E-state index contributed by atoms with van der Waals surface area (Å²) >= 11 is 0. The number of aryl methyl sites for hydroxylation is 2. The van der Waals surface area contributed by atoms with Gasteiger partial charge in [0.05, 0.1) is 7.11 Å². The van der Waals surface area contributed by atoms with Crippen molar-refractivity contribution in [3.8, 4) is 5.75 Å². The number of methoxy groups -OCH3 is 1. The number of nitrogens with one attached hydrogen (secondary N) is 1. The van der Waals surface area contributed by atoms with E-state index in [-0.39, 0.29) is 6.04 Å². The zero-order valence-corrected chi connectivity index (χ0v) is 12.8. The van der Waals surface area contributed by atoms with E-state index in [0.717, 1.165) is 30.6 Å². The lowest BCUT2D eigenvalue weighted by atomic mass is 9.98. The molecular weight excluding hydrogens is 260 g/mol. The van der Waals surface area contributed by atoms with Gasteiger partial charge in [0.15, 0.2) is 0 Å². The molecule has 0 spiro atoms. The zero-order valence-electron chi connectivity index (χ0n) is 12.8. The van der Waals surface area contributed by atoms with Crippen LogP contribution in [0.15, 0.2) is 48.5 Å². The lowest BCUT2D eigenvalue weighted by Crippen LogP contribution is -2.28. The van der Waals surface area contributed by atoms with Gasteiger partial charge in [-0.3, -0.25) is 11.3 Å². The molecule has 0 radical (unpaired) electrons. The van der Waals surface area contributed by atoms with Crippen LogP contribution in [0.4, 0.5) is 0 Å². The highest BCUT2D eigenvalue weighted by Gasteiger charge is 2.11. The molecule has 0 aliphatic heterocycles. The molecule has 0 saturated carbocycles. The molecule has 0 saturated heterocycles. The summed E-state index contributed by atoms with van der Waals surface area (Å²) in [6, 6.07) is 17.0. The Labute approximate surface area is 127 Å². The van der Waals surface area contributed by atoms with Crippen LogP contribution in [-0.2, 0) is 6.42 Å². The van der Waals surface area contributed by atoms with E-state index in [0.29, 0.717) is 0 Å². The van der Waals surface area contributed by atoms with Crippen molar-refractivity contribution >= 4 is 0 Å². The predicted molar refractivity (Wildman–Crippen MR) is 87.2 cm³/mol. The molecule has 0 aromatic heterocycles. The highest BCUT2D eigenvalue weighted by Crippen LogP contribution is 2.25. The minimum atomic E-state index is 0.156. The fourth-order valence-electron chi connectivity index (χ4n) is 2.55. The molecule has 3 N–H and O–H groups in total. The number of ether oxygens (including phenoxy) is 1. The van der Waals surface area contributed by atoms with E-state index in [1.54, 1.807) is 7.11 Å². The smallest absolute Gasteiger partial charge is 0.122 e. The van der Waals surface area contributed by atoms with E-state index in [1.165, 1.54) is 11.1 Å². The molecule has 0 aliphatic carbocycles. The van der Waals surface area contributed by atoms with Gasteiger partial charge in [-0.25, -0.2) is 0 Å². The van der Waals surface area contributed by atoms with Crippen LogP contribution in [0, 0.1) is 6.92 Å². The lowest BCUT2D eigenvalue weighted by molar-refractivity contribution is 0.409. The number of benzene rings is 2. The van der Waals surface area contributed by atoms with E-state index in [4.69, 9.17) is 10.6 Å². The van der Waals surface area contributed by atoms with Crippen LogP contribution in [0.1, 0.15) is 35.6 Å². The van der Waals surface area contributed by atoms with Crippen LogP contribution >= 0.6 is 0 Å². The van der Waals surface area contributed by atoms with Crippen molar-refractivity contribution in [3.63, 3.8) is 0 Å². The fourth-order valence-corrected chi connectivity index (χ4v) is 2.55. The quantitative estimate of drug-likeness (QED) is 0.604. The van der Waals surface area contributed by atoms with Crippen molar-refractivity contribution in [3.05, 3.63) is 65.2 Å². The standard InChI is InChI=1S/C18H24N2O/c1-14-11-12-16(13-18(14)21-2)17(20-19)10-6-9-15-7-4-3-5-8-15/h3-5,7-8,11-13,17,20H,6,9-10,19H2,1-2H3. The molecule has 21 heavy (non-hydrogen) atoms. The van der Waals surface area contributed by atoms with E-state index in [2.05, 4.69) is 47.9 Å². The second kappa shape index (κ2) is 7.81. The van der Waals surface area contributed by atoms with Crippen molar-refractivity contribution in [2.45, 2.75) is 32.2 Å². The summed E-state index contributed by atoms with van der Waals surface area (Å²) < 4.78 is 5.39. The Kier molecular flexibility index (Phi) is 5.78. The summed E-state index contributed by atoms with van der Waals surface area (Å²) in [4.78, 5) is 0. The Balaban J connectivity index is 1.96. The van der Waals surface area contributed by atoms with Crippen LogP contribution in [0.5, 0.6) is 5.75 Å². The second-order valence-corrected chi connectivity index (χ2v) is 5.33. The van der Waals surface area contributed by atoms with Gasteiger partial charge < -0.3 is 4.74 Å². The third-order valence-corrected chi connectivity index (χ3v) is 3.84. The lowest BCUT2D eigenvalue weighted by Gasteiger charge is -2.18. The van der Waals surface area contributed by atoms with Gasteiger partial charge in [0.1, 0.15) is 5.75 Å². The van der Waals surface area contributed by atoms with Gasteiger partial charge in [-0.15, -0.1) is 0 Å². The van der Waals surface area contributed by atoms with Crippen LogP contribution in [-0.4, -0.2) is 7.11 Å². The van der Waals surface area contributed by atoms with Gasteiger partial charge in [-0.2, -0.15) is 0 Å². The summed E-state index contributed by atoms with van der Waals surface area (Å²) in [6.45, 7) is 2.04. The maximum atomic E-state index is 5.72. The Morgan fingerprint density at radius 3 is 2.57 bits per heavy atom.